The summed E-state index contributed by atoms with van der Waals surface area (Å²) >= 11 is 3.96. The van der Waals surface area contributed by atoms with Crippen LogP contribution in [0.3, 0.4) is 0 Å². The number of carbonyl (C=O) groups is 1. The fourth-order valence-electron chi connectivity index (χ4n) is 1.57. The Morgan fingerprint density at radius 3 is 2.18 bits per heavy atom. The zero-order chi connectivity index (χ0) is 17.1. The van der Waals surface area contributed by atoms with E-state index >= 15 is 0 Å². The number of halogens is 5. The number of hydrogen-bond acceptors (Lipinski definition) is 4. The molecule has 0 aromatic heterocycles. The Balaban J connectivity index is 2.76. The Morgan fingerprint density at radius 1 is 1.23 bits per heavy atom. The molecule has 0 saturated heterocycles. The summed E-state index contributed by atoms with van der Waals surface area (Å²) in [5, 5.41) is 2.74. The molecule has 128 valence electrons. The molecular weight excluding hydrogens is 349 g/mol. The maximum absolute atomic E-state index is 12.6. The highest BCUT2D eigenvalue weighted by molar-refractivity contribution is 8.45. The van der Waals surface area contributed by atoms with E-state index in [1.165, 1.54) is 0 Å². The van der Waals surface area contributed by atoms with Crippen LogP contribution in [0.15, 0.2) is 29.2 Å². The van der Waals surface area contributed by atoms with Crippen LogP contribution in [0.1, 0.15) is 12.5 Å². The molecule has 0 bridgehead atoms. The molecule has 1 aromatic carbocycles. The van der Waals surface area contributed by atoms with E-state index in [0.29, 0.717) is 17.7 Å². The summed E-state index contributed by atoms with van der Waals surface area (Å²) in [4.78, 5) is 9.54. The standard InChI is InChI=1S/C12H16F5NO2S2/c1-2-20-12(19)11(8-21)18-7-9-3-5-10(6-4-9)22(13,14,15,16)17/h3-6,11,18,21H,2,7-8H2,1H3/t11-/m1/s1. The SMILES string of the molecule is CCOC(=O)[C@@H](CS)NCc1ccc(S(F)(F)(F)(F)F)cc1. The zero-order valence-electron chi connectivity index (χ0n) is 11.6. The van der Waals surface area contributed by atoms with Gasteiger partial charge in [-0.2, -0.15) is 12.6 Å². The van der Waals surface area contributed by atoms with Crippen molar-refractivity contribution < 1.29 is 29.0 Å². The lowest BCUT2D eigenvalue weighted by Crippen LogP contribution is -2.39. The van der Waals surface area contributed by atoms with E-state index in [1.54, 1.807) is 6.92 Å². The molecule has 0 fully saturated rings. The molecule has 3 nitrogen and oxygen atoms in total. The van der Waals surface area contributed by atoms with Gasteiger partial charge in [0, 0.05) is 12.3 Å². The van der Waals surface area contributed by atoms with Crippen molar-refractivity contribution in [1.29, 1.82) is 0 Å². The highest BCUT2D eigenvalue weighted by Gasteiger charge is 2.65. The lowest BCUT2D eigenvalue weighted by molar-refractivity contribution is -0.145. The van der Waals surface area contributed by atoms with E-state index in [-0.39, 0.29) is 18.9 Å². The summed E-state index contributed by atoms with van der Waals surface area (Å²) in [7, 11) is -9.65. The second-order valence-corrected chi connectivity index (χ2v) is 7.26. The lowest BCUT2D eigenvalue weighted by atomic mass is 10.2. The third-order valence-electron chi connectivity index (χ3n) is 2.68. The van der Waals surface area contributed by atoms with Gasteiger partial charge in [0.25, 0.3) is 0 Å². The monoisotopic (exact) mass is 365 g/mol. The minimum Gasteiger partial charge on any atom is -0.465 e. The summed E-state index contributed by atoms with van der Waals surface area (Å²) < 4.78 is 67.5. The predicted octanol–water partition coefficient (Wildman–Crippen LogP) is 4.30. The highest BCUT2D eigenvalue weighted by Crippen LogP contribution is 3.02. The number of hydrogen-bond donors (Lipinski definition) is 2. The maximum Gasteiger partial charge on any atom is 0.323 e. The first-order valence-corrected chi connectivity index (χ1v) is 8.79. The largest absolute Gasteiger partial charge is 0.465 e. The quantitative estimate of drug-likeness (QED) is 0.430. The third-order valence-corrected chi connectivity index (χ3v) is 4.20. The Bertz CT molecular complexity index is 532. The van der Waals surface area contributed by atoms with Crippen molar-refractivity contribution in [2.24, 2.45) is 0 Å². The van der Waals surface area contributed by atoms with Crippen LogP contribution in [-0.4, -0.2) is 24.4 Å². The van der Waals surface area contributed by atoms with Crippen LogP contribution in [-0.2, 0) is 16.1 Å². The van der Waals surface area contributed by atoms with Crippen molar-refractivity contribution in [1.82, 2.24) is 5.32 Å². The van der Waals surface area contributed by atoms with Crippen LogP contribution < -0.4 is 5.32 Å². The van der Waals surface area contributed by atoms with Gasteiger partial charge in [0.1, 0.15) is 10.9 Å². The number of thiol groups is 1. The summed E-state index contributed by atoms with van der Waals surface area (Å²) in [5.74, 6) is -0.413. The minimum absolute atomic E-state index is 0.0185. The van der Waals surface area contributed by atoms with Gasteiger partial charge in [-0.15, -0.1) is 0 Å². The number of rotatable bonds is 7. The van der Waals surface area contributed by atoms with Crippen molar-refractivity contribution in [3.05, 3.63) is 29.8 Å². The number of benzene rings is 1. The Hall–Kier alpha value is -1.00. The Labute approximate surface area is 130 Å². The van der Waals surface area contributed by atoms with E-state index in [1.807, 2.05) is 0 Å². The average molecular weight is 365 g/mol. The molecule has 0 aliphatic carbocycles. The van der Waals surface area contributed by atoms with Crippen LogP contribution in [0.5, 0.6) is 0 Å². The van der Waals surface area contributed by atoms with Crippen LogP contribution in [0, 0.1) is 0 Å². The average Bonchev–Trinajstić information content (AvgIpc) is 2.37. The molecule has 0 spiro atoms. The molecule has 1 rings (SSSR count). The molecule has 1 aromatic rings. The lowest BCUT2D eigenvalue weighted by Gasteiger charge is -2.40. The minimum atomic E-state index is -9.65. The van der Waals surface area contributed by atoms with Crippen LogP contribution in [0.25, 0.3) is 0 Å². The maximum atomic E-state index is 12.6. The fraction of sp³-hybridized carbons (Fsp3) is 0.417. The molecule has 0 aliphatic heterocycles. The first-order chi connectivity index (χ1) is 9.87. The molecule has 0 amide bonds. The first kappa shape index (κ1) is 19.0. The first-order valence-electron chi connectivity index (χ1n) is 6.21. The number of carbonyl (C=O) groups excluding carboxylic acids is 1. The van der Waals surface area contributed by atoms with Crippen LogP contribution >= 0.6 is 22.9 Å². The van der Waals surface area contributed by atoms with Crippen molar-refractivity contribution >= 4 is 28.8 Å². The van der Waals surface area contributed by atoms with Gasteiger partial charge in [-0.05, 0) is 24.6 Å². The molecule has 0 unspecified atom stereocenters. The van der Waals surface area contributed by atoms with Crippen molar-refractivity contribution in [2.75, 3.05) is 12.4 Å². The van der Waals surface area contributed by atoms with E-state index in [2.05, 4.69) is 17.9 Å². The number of ether oxygens (including phenoxy) is 1. The van der Waals surface area contributed by atoms with Gasteiger partial charge in [-0.3, -0.25) is 10.1 Å². The Morgan fingerprint density at radius 2 is 1.77 bits per heavy atom. The molecule has 1 atom stereocenters. The van der Waals surface area contributed by atoms with Crippen LogP contribution in [0.2, 0.25) is 0 Å². The van der Waals surface area contributed by atoms with E-state index < -0.39 is 27.1 Å². The molecule has 0 aliphatic rings. The fourth-order valence-corrected chi connectivity index (χ4v) is 2.50. The van der Waals surface area contributed by atoms with Gasteiger partial charge in [-0.25, -0.2) is 0 Å². The molecule has 0 radical (unpaired) electrons. The highest BCUT2D eigenvalue weighted by atomic mass is 32.5. The van der Waals surface area contributed by atoms with E-state index in [0.717, 1.165) is 12.1 Å². The number of esters is 1. The Kier molecular flexibility index (Phi) is 5.10. The molecule has 0 saturated carbocycles. The van der Waals surface area contributed by atoms with E-state index in [9.17, 15) is 24.2 Å². The summed E-state index contributed by atoms with van der Waals surface area (Å²) in [6, 6.07) is 1.79. The smallest absolute Gasteiger partial charge is 0.323 e. The predicted molar refractivity (Wildman–Crippen MR) is 79.0 cm³/mol. The van der Waals surface area contributed by atoms with Crippen molar-refractivity contribution in [2.45, 2.75) is 24.4 Å². The number of nitrogens with one attached hydrogen (secondary N) is 1. The molecule has 10 heteroatoms. The van der Waals surface area contributed by atoms with Gasteiger partial charge in [0.05, 0.1) is 6.61 Å². The summed E-state index contributed by atoms with van der Waals surface area (Å²) in [5.41, 5.74) is 0.321. The summed E-state index contributed by atoms with van der Waals surface area (Å²) in [6.45, 7) is 1.83. The molecule has 22 heavy (non-hydrogen) atoms. The molecule has 1 N–H and O–H groups in total. The van der Waals surface area contributed by atoms with Crippen molar-refractivity contribution in [3.63, 3.8) is 0 Å². The normalized spacial score (nSPS) is 16.5. The second-order valence-electron chi connectivity index (χ2n) is 4.48. The van der Waals surface area contributed by atoms with Crippen molar-refractivity contribution in [3.8, 4) is 0 Å². The van der Waals surface area contributed by atoms with Crippen LogP contribution in [0.4, 0.5) is 19.4 Å². The van der Waals surface area contributed by atoms with Gasteiger partial charge >= 0.3 is 16.2 Å². The van der Waals surface area contributed by atoms with E-state index in [4.69, 9.17) is 4.74 Å². The topological polar surface area (TPSA) is 38.3 Å². The van der Waals surface area contributed by atoms with Gasteiger partial charge in [0.15, 0.2) is 0 Å². The van der Waals surface area contributed by atoms with Gasteiger partial charge < -0.3 is 4.74 Å². The summed E-state index contributed by atoms with van der Waals surface area (Å²) in [6.07, 6.45) is 0. The molecule has 0 heterocycles. The van der Waals surface area contributed by atoms with Gasteiger partial charge in [0.2, 0.25) is 0 Å². The second kappa shape index (κ2) is 5.89. The van der Waals surface area contributed by atoms with Gasteiger partial charge in [-0.1, -0.05) is 31.6 Å². The molecular formula is C12H16F5NO2S2. The zero-order valence-corrected chi connectivity index (χ0v) is 13.3. The third kappa shape index (κ3) is 5.65.